The van der Waals surface area contributed by atoms with E-state index < -0.39 is 0 Å². The molecule has 0 fully saturated rings. The molecule has 0 saturated carbocycles. The van der Waals surface area contributed by atoms with E-state index in [0.29, 0.717) is 30.0 Å². The van der Waals surface area contributed by atoms with Gasteiger partial charge in [0.1, 0.15) is 17.1 Å². The smallest absolute Gasteiger partial charge is 0.341 e. The van der Waals surface area contributed by atoms with E-state index in [4.69, 9.17) is 9.52 Å². The minimum atomic E-state index is -0.384. The topological polar surface area (TPSA) is 71.7 Å². The highest BCUT2D eigenvalue weighted by Crippen LogP contribution is 2.15. The number of nitrogens with one attached hydrogen (secondary N) is 1. The third-order valence-corrected chi connectivity index (χ3v) is 2.91. The van der Waals surface area contributed by atoms with Gasteiger partial charge in [0.15, 0.2) is 0 Å². The van der Waals surface area contributed by atoms with Gasteiger partial charge in [-0.05, 0) is 25.8 Å². The second kappa shape index (κ2) is 7.18. The molecule has 1 unspecified atom stereocenters. The maximum Gasteiger partial charge on any atom is 0.341 e. The molecule has 0 aliphatic rings. The number of esters is 1. The predicted octanol–water partition coefficient (Wildman–Crippen LogP) is 1.63. The number of aliphatic hydroxyl groups is 1. The van der Waals surface area contributed by atoms with Crippen LogP contribution in [-0.2, 0) is 11.3 Å². The third kappa shape index (κ3) is 3.85. The lowest BCUT2D eigenvalue weighted by molar-refractivity contribution is 0.0599. The van der Waals surface area contributed by atoms with Crippen LogP contribution in [0.25, 0.3) is 0 Å². The molecule has 1 heterocycles. The number of aliphatic hydroxyl groups excluding tert-OH is 1. The van der Waals surface area contributed by atoms with Crippen molar-refractivity contribution in [1.29, 1.82) is 0 Å². The van der Waals surface area contributed by atoms with E-state index in [9.17, 15) is 4.79 Å². The van der Waals surface area contributed by atoms with Crippen molar-refractivity contribution >= 4 is 5.97 Å². The number of ether oxygens (including phenoxy) is 1. The number of carbonyl (C=O) groups is 1. The largest absolute Gasteiger partial charge is 0.465 e. The van der Waals surface area contributed by atoms with Crippen molar-refractivity contribution in [3.05, 3.63) is 23.2 Å². The van der Waals surface area contributed by atoms with Gasteiger partial charge in [-0.2, -0.15) is 0 Å². The number of hydrogen-bond acceptors (Lipinski definition) is 5. The lowest BCUT2D eigenvalue weighted by Gasteiger charge is -2.14. The number of carbonyl (C=O) groups excluding carboxylic acids is 1. The Labute approximate surface area is 107 Å². The zero-order chi connectivity index (χ0) is 13.5. The van der Waals surface area contributed by atoms with Gasteiger partial charge in [-0.25, -0.2) is 4.79 Å². The van der Waals surface area contributed by atoms with Gasteiger partial charge in [0.25, 0.3) is 0 Å². The third-order valence-electron chi connectivity index (χ3n) is 2.91. The Bertz CT molecular complexity index is 386. The summed E-state index contributed by atoms with van der Waals surface area (Å²) in [6, 6.07) is 1.95. The molecule has 0 bridgehead atoms. The Morgan fingerprint density at radius 1 is 1.61 bits per heavy atom. The molecule has 1 aromatic heterocycles. The van der Waals surface area contributed by atoms with E-state index in [2.05, 4.69) is 17.0 Å². The number of methoxy groups -OCH3 is 1. The molecule has 0 spiro atoms. The van der Waals surface area contributed by atoms with Crippen molar-refractivity contribution in [2.24, 2.45) is 0 Å². The zero-order valence-electron chi connectivity index (χ0n) is 11.2. The summed E-state index contributed by atoms with van der Waals surface area (Å²) in [6.07, 6.45) is 1.64. The Kier molecular flexibility index (Phi) is 5.88. The summed E-state index contributed by atoms with van der Waals surface area (Å²) in [4.78, 5) is 11.4. The predicted molar refractivity (Wildman–Crippen MR) is 67.4 cm³/mol. The highest BCUT2D eigenvalue weighted by molar-refractivity contribution is 5.90. The SMILES string of the molecule is CCC(CCO)NCc1cc(C(=O)OC)c(C)o1. The molecule has 1 atom stereocenters. The van der Waals surface area contributed by atoms with Crippen LogP contribution in [-0.4, -0.2) is 30.8 Å². The molecule has 0 aliphatic carbocycles. The van der Waals surface area contributed by atoms with Crippen LogP contribution < -0.4 is 5.32 Å². The summed E-state index contributed by atoms with van der Waals surface area (Å²) in [5.74, 6) is 0.878. The van der Waals surface area contributed by atoms with Crippen molar-refractivity contribution in [2.75, 3.05) is 13.7 Å². The van der Waals surface area contributed by atoms with Gasteiger partial charge in [-0.15, -0.1) is 0 Å². The number of hydrogen-bond donors (Lipinski definition) is 2. The van der Waals surface area contributed by atoms with Crippen LogP contribution in [0.1, 0.15) is 41.6 Å². The molecule has 2 N–H and O–H groups in total. The molecule has 1 aromatic rings. The molecular weight excluding hydrogens is 234 g/mol. The zero-order valence-corrected chi connectivity index (χ0v) is 11.2. The van der Waals surface area contributed by atoms with Crippen molar-refractivity contribution < 1.29 is 19.1 Å². The summed E-state index contributed by atoms with van der Waals surface area (Å²) >= 11 is 0. The summed E-state index contributed by atoms with van der Waals surface area (Å²) in [7, 11) is 1.35. The quantitative estimate of drug-likeness (QED) is 0.724. The highest BCUT2D eigenvalue weighted by atomic mass is 16.5. The van der Waals surface area contributed by atoms with Crippen LogP contribution in [0, 0.1) is 6.92 Å². The lowest BCUT2D eigenvalue weighted by atomic mass is 10.1. The molecule has 5 heteroatoms. The molecule has 0 saturated heterocycles. The van der Waals surface area contributed by atoms with Crippen LogP contribution >= 0.6 is 0 Å². The fourth-order valence-electron chi connectivity index (χ4n) is 1.79. The first-order valence-corrected chi connectivity index (χ1v) is 6.14. The van der Waals surface area contributed by atoms with E-state index in [1.807, 2.05) is 0 Å². The van der Waals surface area contributed by atoms with Crippen LogP contribution in [0.2, 0.25) is 0 Å². The first kappa shape index (κ1) is 14.7. The lowest BCUT2D eigenvalue weighted by Crippen LogP contribution is -2.28. The van der Waals surface area contributed by atoms with E-state index in [1.54, 1.807) is 13.0 Å². The molecule has 102 valence electrons. The molecule has 5 nitrogen and oxygen atoms in total. The van der Waals surface area contributed by atoms with Crippen LogP contribution in [0.3, 0.4) is 0 Å². The average Bonchev–Trinajstić information content (AvgIpc) is 2.74. The van der Waals surface area contributed by atoms with Crippen molar-refractivity contribution in [2.45, 2.75) is 39.3 Å². The second-order valence-electron chi connectivity index (χ2n) is 4.17. The van der Waals surface area contributed by atoms with Crippen LogP contribution in [0.15, 0.2) is 10.5 Å². The average molecular weight is 255 g/mol. The van der Waals surface area contributed by atoms with Crippen LogP contribution in [0.4, 0.5) is 0 Å². The van der Waals surface area contributed by atoms with E-state index in [-0.39, 0.29) is 18.6 Å². The van der Waals surface area contributed by atoms with Gasteiger partial charge < -0.3 is 19.6 Å². The minimum absolute atomic E-state index is 0.163. The standard InChI is InChI=1S/C13H21NO4/c1-4-10(5-6-15)14-8-11-7-12(9(2)18-11)13(16)17-3/h7,10,14-15H,4-6,8H2,1-3H3. The second-order valence-corrected chi connectivity index (χ2v) is 4.17. The minimum Gasteiger partial charge on any atom is -0.465 e. The van der Waals surface area contributed by atoms with Gasteiger partial charge >= 0.3 is 5.97 Å². The van der Waals surface area contributed by atoms with Crippen molar-refractivity contribution in [3.63, 3.8) is 0 Å². The number of rotatable bonds is 7. The Hall–Kier alpha value is -1.33. The Morgan fingerprint density at radius 3 is 2.89 bits per heavy atom. The molecule has 0 aliphatic heterocycles. The molecule has 0 amide bonds. The van der Waals surface area contributed by atoms with Crippen molar-refractivity contribution in [3.8, 4) is 0 Å². The monoisotopic (exact) mass is 255 g/mol. The van der Waals surface area contributed by atoms with E-state index in [0.717, 1.165) is 6.42 Å². The summed E-state index contributed by atoms with van der Waals surface area (Å²) in [5, 5.41) is 12.2. The molecule has 1 rings (SSSR count). The van der Waals surface area contributed by atoms with Gasteiger partial charge in [-0.1, -0.05) is 6.92 Å². The van der Waals surface area contributed by atoms with Crippen LogP contribution in [0.5, 0.6) is 0 Å². The first-order chi connectivity index (χ1) is 8.62. The Balaban J connectivity index is 2.60. The molecule has 0 aromatic carbocycles. The van der Waals surface area contributed by atoms with Gasteiger partial charge in [0.2, 0.25) is 0 Å². The first-order valence-electron chi connectivity index (χ1n) is 6.14. The number of aryl methyl sites for hydroxylation is 1. The van der Waals surface area contributed by atoms with E-state index >= 15 is 0 Å². The fraction of sp³-hybridized carbons (Fsp3) is 0.615. The summed E-state index contributed by atoms with van der Waals surface area (Å²) < 4.78 is 10.1. The fourth-order valence-corrected chi connectivity index (χ4v) is 1.79. The number of furan rings is 1. The van der Waals surface area contributed by atoms with E-state index in [1.165, 1.54) is 7.11 Å². The Morgan fingerprint density at radius 2 is 2.33 bits per heavy atom. The van der Waals surface area contributed by atoms with Gasteiger partial charge in [0.05, 0.1) is 13.7 Å². The maximum atomic E-state index is 11.4. The normalized spacial score (nSPS) is 12.4. The summed E-state index contributed by atoms with van der Waals surface area (Å²) in [5.41, 5.74) is 0.463. The molecule has 18 heavy (non-hydrogen) atoms. The molecule has 0 radical (unpaired) electrons. The summed E-state index contributed by atoms with van der Waals surface area (Å²) in [6.45, 7) is 4.49. The van der Waals surface area contributed by atoms with Crippen molar-refractivity contribution in [1.82, 2.24) is 5.32 Å². The van der Waals surface area contributed by atoms with Gasteiger partial charge in [-0.3, -0.25) is 0 Å². The molecular formula is C13H21NO4. The maximum absolute atomic E-state index is 11.4. The highest BCUT2D eigenvalue weighted by Gasteiger charge is 2.15. The van der Waals surface area contributed by atoms with Gasteiger partial charge in [0, 0.05) is 12.6 Å².